The zero-order chi connectivity index (χ0) is 10.7. The Morgan fingerprint density at radius 1 is 1.43 bits per heavy atom. The molecule has 14 heavy (non-hydrogen) atoms. The number of rotatable bonds is 3. The van der Waals surface area contributed by atoms with Gasteiger partial charge in [0.2, 0.25) is 0 Å². The van der Waals surface area contributed by atoms with Gasteiger partial charge < -0.3 is 5.11 Å². The van der Waals surface area contributed by atoms with Crippen LogP contribution in [0.3, 0.4) is 0 Å². The molecule has 2 nitrogen and oxygen atoms in total. The molecule has 76 valence electrons. The Bertz CT molecular complexity index is 340. The second kappa shape index (κ2) is 4.27. The lowest BCUT2D eigenvalue weighted by molar-refractivity contribution is 0.0695. The van der Waals surface area contributed by atoms with E-state index in [-0.39, 0.29) is 0 Å². The molecule has 0 saturated carbocycles. The molecule has 0 fully saturated rings. The Hall–Kier alpha value is -1.31. The van der Waals surface area contributed by atoms with Gasteiger partial charge in [-0.25, -0.2) is 4.79 Å². The van der Waals surface area contributed by atoms with Gasteiger partial charge in [-0.3, -0.25) is 0 Å². The van der Waals surface area contributed by atoms with Gasteiger partial charge in [0, 0.05) is 0 Å². The molecule has 0 aliphatic rings. The van der Waals surface area contributed by atoms with Crippen LogP contribution in [0.4, 0.5) is 0 Å². The van der Waals surface area contributed by atoms with Crippen LogP contribution in [0, 0.1) is 12.8 Å². The highest BCUT2D eigenvalue weighted by Crippen LogP contribution is 2.17. The van der Waals surface area contributed by atoms with Crippen molar-refractivity contribution in [2.45, 2.75) is 27.2 Å². The molecule has 1 rings (SSSR count). The van der Waals surface area contributed by atoms with Crippen molar-refractivity contribution in [1.82, 2.24) is 0 Å². The predicted octanol–water partition coefficient (Wildman–Crippen LogP) is 2.89. The first-order chi connectivity index (χ1) is 6.52. The van der Waals surface area contributed by atoms with Crippen LogP contribution >= 0.6 is 0 Å². The number of benzene rings is 1. The minimum absolute atomic E-state index is 0.473. The van der Waals surface area contributed by atoms with Gasteiger partial charge in [-0.15, -0.1) is 0 Å². The molecule has 0 bridgehead atoms. The Morgan fingerprint density at radius 3 is 2.57 bits per heavy atom. The Labute approximate surface area is 84.6 Å². The molecule has 0 aliphatic heterocycles. The maximum absolute atomic E-state index is 11.0. The lowest BCUT2D eigenvalue weighted by Crippen LogP contribution is -2.07. The first kappa shape index (κ1) is 10.8. The van der Waals surface area contributed by atoms with E-state index in [0.717, 1.165) is 17.5 Å². The number of hydrogen-bond donors (Lipinski definition) is 1. The zero-order valence-corrected chi connectivity index (χ0v) is 8.87. The van der Waals surface area contributed by atoms with E-state index in [1.54, 1.807) is 0 Å². The topological polar surface area (TPSA) is 37.3 Å². The lowest BCUT2D eigenvalue weighted by Gasteiger charge is -2.10. The summed E-state index contributed by atoms with van der Waals surface area (Å²) < 4.78 is 0. The normalized spacial score (nSPS) is 10.6. The molecule has 1 N–H and O–H groups in total. The van der Waals surface area contributed by atoms with Crippen LogP contribution in [0.25, 0.3) is 0 Å². The molecule has 0 aromatic heterocycles. The van der Waals surface area contributed by atoms with Crippen molar-refractivity contribution in [3.8, 4) is 0 Å². The van der Waals surface area contributed by atoms with Crippen molar-refractivity contribution in [2.75, 3.05) is 0 Å². The summed E-state index contributed by atoms with van der Waals surface area (Å²) in [6, 6.07) is 5.66. The van der Waals surface area contributed by atoms with Crippen LogP contribution in [0.5, 0.6) is 0 Å². The average Bonchev–Trinajstić information content (AvgIpc) is 2.01. The van der Waals surface area contributed by atoms with E-state index in [1.165, 1.54) is 0 Å². The number of carboxylic acid groups (broad SMARTS) is 1. The highest BCUT2D eigenvalue weighted by molar-refractivity contribution is 5.91. The van der Waals surface area contributed by atoms with Gasteiger partial charge in [0.15, 0.2) is 0 Å². The summed E-state index contributed by atoms with van der Waals surface area (Å²) in [6.07, 6.45) is 0.823. The maximum Gasteiger partial charge on any atom is 0.336 e. The third-order valence-electron chi connectivity index (χ3n) is 2.20. The molecule has 0 saturated heterocycles. The second-order valence-corrected chi connectivity index (χ2v) is 4.01. The molecule has 0 heterocycles. The molecule has 0 unspecified atom stereocenters. The molecule has 0 spiro atoms. The third-order valence-corrected chi connectivity index (χ3v) is 2.20. The van der Waals surface area contributed by atoms with E-state index < -0.39 is 5.97 Å². The fraction of sp³-hybridized carbons (Fsp3) is 0.417. The van der Waals surface area contributed by atoms with Crippen molar-refractivity contribution in [3.05, 3.63) is 34.9 Å². The van der Waals surface area contributed by atoms with Crippen LogP contribution in [-0.4, -0.2) is 11.1 Å². The smallest absolute Gasteiger partial charge is 0.336 e. The number of aryl methyl sites for hydroxylation is 1. The van der Waals surface area contributed by atoms with Crippen LogP contribution < -0.4 is 0 Å². The predicted molar refractivity (Wildman–Crippen MR) is 56.7 cm³/mol. The minimum atomic E-state index is -0.821. The van der Waals surface area contributed by atoms with Crippen LogP contribution in [0.1, 0.15) is 35.3 Å². The van der Waals surface area contributed by atoms with Gasteiger partial charge >= 0.3 is 5.97 Å². The molecule has 1 aromatic carbocycles. The van der Waals surface area contributed by atoms with Gasteiger partial charge in [-0.05, 0) is 30.4 Å². The molecule has 2 heteroatoms. The summed E-state index contributed by atoms with van der Waals surface area (Å²) in [7, 11) is 0. The van der Waals surface area contributed by atoms with Gasteiger partial charge in [-0.2, -0.15) is 0 Å². The number of carboxylic acids is 1. The van der Waals surface area contributed by atoms with Crippen LogP contribution in [-0.2, 0) is 6.42 Å². The molecule has 0 aliphatic carbocycles. The van der Waals surface area contributed by atoms with Gasteiger partial charge in [0.1, 0.15) is 0 Å². The molecule has 0 atom stereocenters. The molecule has 1 aromatic rings. The summed E-state index contributed by atoms with van der Waals surface area (Å²) in [5, 5.41) is 9.06. The zero-order valence-electron chi connectivity index (χ0n) is 8.87. The standard InChI is InChI=1S/C12H16O2/c1-8(2)7-10-6-4-5-9(3)11(10)12(13)14/h4-6,8H,7H2,1-3H3,(H,13,14). The first-order valence-electron chi connectivity index (χ1n) is 4.84. The fourth-order valence-corrected chi connectivity index (χ4v) is 1.64. The molecule has 0 amide bonds. The highest BCUT2D eigenvalue weighted by Gasteiger charge is 2.13. The highest BCUT2D eigenvalue weighted by atomic mass is 16.4. The summed E-state index contributed by atoms with van der Waals surface area (Å²) in [5.74, 6) is -0.339. The van der Waals surface area contributed by atoms with Crippen molar-refractivity contribution in [3.63, 3.8) is 0 Å². The number of hydrogen-bond acceptors (Lipinski definition) is 1. The van der Waals surface area contributed by atoms with Crippen molar-refractivity contribution in [2.24, 2.45) is 5.92 Å². The van der Waals surface area contributed by atoms with E-state index in [9.17, 15) is 4.79 Å². The van der Waals surface area contributed by atoms with E-state index >= 15 is 0 Å². The second-order valence-electron chi connectivity index (χ2n) is 4.01. The summed E-state index contributed by atoms with van der Waals surface area (Å²) >= 11 is 0. The summed E-state index contributed by atoms with van der Waals surface area (Å²) in [6.45, 7) is 6.02. The lowest BCUT2D eigenvalue weighted by atomic mass is 9.95. The average molecular weight is 192 g/mol. The van der Waals surface area contributed by atoms with E-state index in [1.807, 2.05) is 25.1 Å². The first-order valence-corrected chi connectivity index (χ1v) is 4.84. The maximum atomic E-state index is 11.0. The molecular formula is C12H16O2. The van der Waals surface area contributed by atoms with Gasteiger partial charge in [0.05, 0.1) is 5.56 Å². The monoisotopic (exact) mass is 192 g/mol. The van der Waals surface area contributed by atoms with Crippen molar-refractivity contribution >= 4 is 5.97 Å². The Balaban J connectivity index is 3.14. The van der Waals surface area contributed by atoms with Gasteiger partial charge in [-0.1, -0.05) is 32.0 Å². The van der Waals surface area contributed by atoms with E-state index in [4.69, 9.17) is 5.11 Å². The van der Waals surface area contributed by atoms with Crippen molar-refractivity contribution in [1.29, 1.82) is 0 Å². The third kappa shape index (κ3) is 2.34. The molecular weight excluding hydrogens is 176 g/mol. The molecule has 0 radical (unpaired) electrons. The van der Waals surface area contributed by atoms with Gasteiger partial charge in [0.25, 0.3) is 0 Å². The van der Waals surface area contributed by atoms with Crippen molar-refractivity contribution < 1.29 is 9.90 Å². The number of carbonyl (C=O) groups is 1. The Morgan fingerprint density at radius 2 is 2.07 bits per heavy atom. The van der Waals surface area contributed by atoms with E-state index in [0.29, 0.717) is 11.5 Å². The van der Waals surface area contributed by atoms with Crippen LogP contribution in [0.2, 0.25) is 0 Å². The van der Waals surface area contributed by atoms with Crippen LogP contribution in [0.15, 0.2) is 18.2 Å². The SMILES string of the molecule is Cc1cccc(CC(C)C)c1C(=O)O. The number of aromatic carboxylic acids is 1. The van der Waals surface area contributed by atoms with E-state index in [2.05, 4.69) is 13.8 Å². The fourth-order valence-electron chi connectivity index (χ4n) is 1.64. The largest absolute Gasteiger partial charge is 0.478 e. The summed E-state index contributed by atoms with van der Waals surface area (Å²) in [4.78, 5) is 11.0. The Kier molecular flexibility index (Phi) is 3.28. The quantitative estimate of drug-likeness (QED) is 0.799. The minimum Gasteiger partial charge on any atom is -0.478 e. The summed E-state index contributed by atoms with van der Waals surface area (Å²) in [5.41, 5.74) is 2.25.